The second-order valence-electron chi connectivity index (χ2n) is 4.57. The van der Waals surface area contributed by atoms with Gasteiger partial charge in [0.25, 0.3) is 0 Å². The fourth-order valence-corrected chi connectivity index (χ4v) is 2.30. The summed E-state index contributed by atoms with van der Waals surface area (Å²) >= 11 is 3.40. The van der Waals surface area contributed by atoms with E-state index in [1.165, 1.54) is 0 Å². The molecule has 0 aliphatic rings. The van der Waals surface area contributed by atoms with Crippen LogP contribution in [-0.2, 0) is 6.54 Å². The molecule has 0 spiro atoms. The first-order valence-corrected chi connectivity index (χ1v) is 6.92. The summed E-state index contributed by atoms with van der Waals surface area (Å²) in [5.74, 6) is -2.83. The van der Waals surface area contributed by atoms with Crippen molar-refractivity contribution in [1.29, 1.82) is 0 Å². The monoisotopic (exact) mass is 341 g/mol. The predicted molar refractivity (Wildman–Crippen MR) is 77.4 cm³/mol. The Bertz CT molecular complexity index is 596. The van der Waals surface area contributed by atoms with E-state index in [-0.39, 0.29) is 6.04 Å². The molecule has 5 heteroatoms. The second-order valence-corrected chi connectivity index (χ2v) is 5.48. The van der Waals surface area contributed by atoms with Crippen LogP contribution < -0.4 is 5.32 Å². The molecule has 0 fully saturated rings. The molecule has 0 aliphatic heterocycles. The fraction of sp³-hybridized carbons (Fsp3) is 0.200. The average Bonchev–Trinajstić information content (AvgIpc) is 2.42. The normalized spacial score (nSPS) is 12.4. The summed E-state index contributed by atoms with van der Waals surface area (Å²) in [4.78, 5) is 0. The van der Waals surface area contributed by atoms with E-state index in [0.29, 0.717) is 12.1 Å². The molecule has 2 rings (SSSR count). The molecule has 2 aromatic carbocycles. The molecule has 0 amide bonds. The smallest absolute Gasteiger partial charge is 0.187 e. The molecular weight excluding hydrogens is 328 g/mol. The molecule has 0 bridgehead atoms. The zero-order chi connectivity index (χ0) is 14.7. The van der Waals surface area contributed by atoms with Gasteiger partial charge in [-0.15, -0.1) is 0 Å². The third-order valence-corrected chi connectivity index (χ3v) is 3.53. The van der Waals surface area contributed by atoms with Crippen LogP contribution >= 0.6 is 15.9 Å². The Morgan fingerprint density at radius 3 is 2.45 bits per heavy atom. The Labute approximate surface area is 124 Å². The second kappa shape index (κ2) is 6.33. The molecule has 0 radical (unpaired) electrons. The minimum absolute atomic E-state index is 0.0347. The van der Waals surface area contributed by atoms with Gasteiger partial charge < -0.3 is 10.4 Å². The molecule has 106 valence electrons. The number of halogens is 3. The van der Waals surface area contributed by atoms with Crippen molar-refractivity contribution in [1.82, 2.24) is 5.32 Å². The lowest BCUT2D eigenvalue weighted by Gasteiger charge is -2.15. The zero-order valence-corrected chi connectivity index (χ0v) is 12.4. The van der Waals surface area contributed by atoms with Crippen molar-refractivity contribution in [3.05, 3.63) is 63.6 Å². The number of hydrogen-bond acceptors (Lipinski definition) is 2. The third-order valence-electron chi connectivity index (χ3n) is 3.04. The van der Waals surface area contributed by atoms with Crippen LogP contribution in [0, 0.1) is 11.6 Å². The highest BCUT2D eigenvalue weighted by Gasteiger charge is 2.11. The van der Waals surface area contributed by atoms with Crippen molar-refractivity contribution in [3.63, 3.8) is 0 Å². The van der Waals surface area contributed by atoms with E-state index in [4.69, 9.17) is 5.11 Å². The highest BCUT2D eigenvalue weighted by molar-refractivity contribution is 9.10. The highest BCUT2D eigenvalue weighted by Crippen LogP contribution is 2.22. The van der Waals surface area contributed by atoms with Crippen molar-refractivity contribution in [2.45, 2.75) is 19.5 Å². The summed E-state index contributed by atoms with van der Waals surface area (Å²) < 4.78 is 27.4. The lowest BCUT2D eigenvalue weighted by molar-refractivity contribution is 0.394. The van der Waals surface area contributed by atoms with Gasteiger partial charge in [0.05, 0.1) is 0 Å². The Morgan fingerprint density at radius 2 is 1.85 bits per heavy atom. The molecule has 2 aromatic rings. The van der Waals surface area contributed by atoms with Crippen molar-refractivity contribution >= 4 is 15.9 Å². The van der Waals surface area contributed by atoms with E-state index >= 15 is 0 Å². The maximum Gasteiger partial charge on any atom is 0.187 e. The minimum Gasteiger partial charge on any atom is -0.503 e. The molecule has 0 aliphatic carbocycles. The van der Waals surface area contributed by atoms with Crippen LogP contribution in [0.5, 0.6) is 5.75 Å². The number of phenols is 1. The number of aromatic hydroxyl groups is 1. The van der Waals surface area contributed by atoms with Gasteiger partial charge in [0.15, 0.2) is 17.4 Å². The summed E-state index contributed by atoms with van der Waals surface area (Å²) in [6, 6.07) is 10.1. The first-order chi connectivity index (χ1) is 9.47. The highest BCUT2D eigenvalue weighted by atomic mass is 79.9. The maximum absolute atomic E-state index is 13.2. The van der Waals surface area contributed by atoms with E-state index in [9.17, 15) is 8.78 Å². The van der Waals surface area contributed by atoms with Gasteiger partial charge >= 0.3 is 0 Å². The number of benzene rings is 2. The third kappa shape index (κ3) is 3.55. The molecule has 0 unspecified atom stereocenters. The van der Waals surface area contributed by atoms with Crippen LogP contribution in [0.4, 0.5) is 8.78 Å². The largest absolute Gasteiger partial charge is 0.503 e. The van der Waals surface area contributed by atoms with Gasteiger partial charge in [-0.3, -0.25) is 0 Å². The Morgan fingerprint density at radius 1 is 1.20 bits per heavy atom. The number of phenolic OH excluding ortho intramolecular Hbond substituents is 1. The van der Waals surface area contributed by atoms with Crippen LogP contribution in [0.25, 0.3) is 0 Å². The van der Waals surface area contributed by atoms with Crippen molar-refractivity contribution < 1.29 is 13.9 Å². The fourth-order valence-electron chi connectivity index (χ4n) is 1.88. The minimum atomic E-state index is -0.947. The van der Waals surface area contributed by atoms with Crippen molar-refractivity contribution in [2.24, 2.45) is 0 Å². The molecule has 20 heavy (non-hydrogen) atoms. The van der Waals surface area contributed by atoms with E-state index in [0.717, 1.165) is 22.2 Å². The van der Waals surface area contributed by atoms with E-state index in [1.54, 1.807) is 0 Å². The van der Waals surface area contributed by atoms with E-state index in [2.05, 4.69) is 21.2 Å². The summed E-state index contributed by atoms with van der Waals surface area (Å²) in [6.45, 7) is 2.27. The van der Waals surface area contributed by atoms with E-state index in [1.807, 2.05) is 31.2 Å². The summed E-state index contributed by atoms with van der Waals surface area (Å²) in [6.07, 6.45) is 0. The summed E-state index contributed by atoms with van der Waals surface area (Å²) in [7, 11) is 0. The summed E-state index contributed by atoms with van der Waals surface area (Å²) in [5.41, 5.74) is 1.51. The van der Waals surface area contributed by atoms with Gasteiger partial charge in [-0.25, -0.2) is 8.78 Å². The molecule has 0 aromatic heterocycles. The van der Waals surface area contributed by atoms with Gasteiger partial charge in [-0.05, 0) is 42.3 Å². The molecular formula is C15H14BrF2NO. The molecule has 2 nitrogen and oxygen atoms in total. The van der Waals surface area contributed by atoms with Gasteiger partial charge in [-0.2, -0.15) is 0 Å². The quantitative estimate of drug-likeness (QED) is 0.869. The van der Waals surface area contributed by atoms with Crippen molar-refractivity contribution in [2.75, 3.05) is 0 Å². The van der Waals surface area contributed by atoms with Gasteiger partial charge in [0, 0.05) is 17.1 Å². The first kappa shape index (κ1) is 14.9. The predicted octanol–water partition coefficient (Wildman–Crippen LogP) is 4.28. The Hall–Kier alpha value is -1.46. The lowest BCUT2D eigenvalue weighted by Crippen LogP contribution is -2.18. The number of hydrogen-bond donors (Lipinski definition) is 2. The van der Waals surface area contributed by atoms with Crippen LogP contribution in [0.15, 0.2) is 40.9 Å². The average molecular weight is 342 g/mol. The Kier molecular flexibility index (Phi) is 4.73. The number of rotatable bonds is 4. The van der Waals surface area contributed by atoms with Crippen LogP contribution in [0.3, 0.4) is 0 Å². The SMILES string of the molecule is C[C@H](NCc1cc(F)c(O)c(F)c1)c1cccc(Br)c1. The molecule has 1 atom stereocenters. The first-order valence-electron chi connectivity index (χ1n) is 6.13. The van der Waals surface area contributed by atoms with Crippen LogP contribution in [-0.4, -0.2) is 5.11 Å². The summed E-state index contributed by atoms with van der Waals surface area (Å²) in [5, 5.41) is 12.2. The molecule has 0 saturated carbocycles. The lowest BCUT2D eigenvalue weighted by atomic mass is 10.1. The number of nitrogens with one attached hydrogen (secondary N) is 1. The maximum atomic E-state index is 13.2. The van der Waals surface area contributed by atoms with Crippen molar-refractivity contribution in [3.8, 4) is 5.75 Å². The van der Waals surface area contributed by atoms with E-state index < -0.39 is 17.4 Å². The zero-order valence-electron chi connectivity index (χ0n) is 10.8. The molecule has 2 N–H and O–H groups in total. The van der Waals surface area contributed by atoms with Gasteiger partial charge in [-0.1, -0.05) is 28.1 Å². The Balaban J connectivity index is 2.05. The molecule has 0 saturated heterocycles. The standard InChI is InChI=1S/C15H14BrF2NO/c1-9(11-3-2-4-12(16)7-11)19-8-10-5-13(17)15(20)14(18)6-10/h2-7,9,19-20H,8H2,1H3/t9-/m0/s1. The topological polar surface area (TPSA) is 32.3 Å². The van der Waals surface area contributed by atoms with Crippen LogP contribution in [0.1, 0.15) is 24.1 Å². The van der Waals surface area contributed by atoms with Crippen LogP contribution in [0.2, 0.25) is 0 Å². The molecule has 0 heterocycles. The van der Waals surface area contributed by atoms with Gasteiger partial charge in [0.1, 0.15) is 0 Å². The van der Waals surface area contributed by atoms with Gasteiger partial charge in [0.2, 0.25) is 0 Å².